The summed E-state index contributed by atoms with van der Waals surface area (Å²) in [5.74, 6) is 0. The van der Waals surface area contributed by atoms with Crippen LogP contribution in [0.1, 0.15) is 6.92 Å². The molecule has 2 amide bonds. The minimum absolute atomic E-state index is 0.131. The monoisotopic (exact) mass is 143 g/mol. The number of hydrogen-bond acceptors (Lipinski definition) is 2. The van der Waals surface area contributed by atoms with Crippen LogP contribution < -0.4 is 5.32 Å². The van der Waals surface area contributed by atoms with Crippen LogP contribution in [-0.2, 0) is 0 Å². The third-order valence-corrected chi connectivity index (χ3v) is 0.937. The van der Waals surface area contributed by atoms with Crippen molar-refractivity contribution in [3.63, 3.8) is 0 Å². The van der Waals surface area contributed by atoms with Crippen molar-refractivity contribution in [1.82, 2.24) is 10.2 Å². The molecule has 0 aliphatic rings. The van der Waals surface area contributed by atoms with Crippen LogP contribution in [-0.4, -0.2) is 37.9 Å². The molecule has 0 aromatic rings. The second-order valence-corrected chi connectivity index (χ2v) is 1.82. The first-order valence-corrected chi connectivity index (χ1v) is 3.15. The van der Waals surface area contributed by atoms with E-state index in [9.17, 15) is 4.79 Å². The van der Waals surface area contributed by atoms with Gasteiger partial charge in [-0.25, -0.2) is 4.79 Å². The molecule has 0 bridgehead atoms. The van der Waals surface area contributed by atoms with Gasteiger partial charge >= 0.3 is 6.03 Å². The Hall–Kier alpha value is -1.06. The van der Waals surface area contributed by atoms with Crippen LogP contribution in [0.15, 0.2) is 4.99 Å². The molecule has 0 aliphatic carbocycles. The van der Waals surface area contributed by atoms with E-state index < -0.39 is 0 Å². The van der Waals surface area contributed by atoms with Crippen molar-refractivity contribution in [1.29, 1.82) is 0 Å². The second-order valence-electron chi connectivity index (χ2n) is 1.82. The first-order valence-electron chi connectivity index (χ1n) is 3.15. The third kappa shape index (κ3) is 3.06. The maximum Gasteiger partial charge on any atom is 0.322 e. The Morgan fingerprint density at radius 1 is 1.80 bits per heavy atom. The Morgan fingerprint density at radius 2 is 2.40 bits per heavy atom. The molecule has 0 heterocycles. The lowest BCUT2D eigenvalue weighted by Gasteiger charge is -2.10. The van der Waals surface area contributed by atoms with Gasteiger partial charge in [0.1, 0.15) is 0 Å². The van der Waals surface area contributed by atoms with Crippen molar-refractivity contribution in [3.8, 4) is 0 Å². The fraction of sp³-hybridized carbons (Fsp3) is 0.667. The van der Waals surface area contributed by atoms with E-state index in [0.29, 0.717) is 6.54 Å². The molecule has 0 atom stereocenters. The maximum atomic E-state index is 10.9. The highest BCUT2D eigenvalue weighted by molar-refractivity contribution is 5.85. The van der Waals surface area contributed by atoms with Gasteiger partial charge in [0, 0.05) is 20.6 Å². The first kappa shape index (κ1) is 8.94. The summed E-state index contributed by atoms with van der Waals surface area (Å²) in [7, 11) is 3.27. The van der Waals surface area contributed by atoms with Gasteiger partial charge in [0.25, 0.3) is 0 Å². The molecule has 10 heavy (non-hydrogen) atoms. The predicted octanol–water partition coefficient (Wildman–Crippen LogP) is 0.306. The van der Waals surface area contributed by atoms with E-state index in [1.54, 1.807) is 14.1 Å². The molecule has 0 aromatic heterocycles. The molecule has 58 valence electrons. The highest BCUT2D eigenvalue weighted by Crippen LogP contribution is 1.77. The van der Waals surface area contributed by atoms with Crippen molar-refractivity contribution in [2.24, 2.45) is 4.99 Å². The van der Waals surface area contributed by atoms with E-state index in [1.807, 2.05) is 6.92 Å². The number of hydrogen-bond donors (Lipinski definition) is 1. The molecular formula is C6H13N3O. The molecular weight excluding hydrogens is 130 g/mol. The Morgan fingerprint density at radius 3 is 2.80 bits per heavy atom. The molecule has 4 heteroatoms. The van der Waals surface area contributed by atoms with E-state index in [0.717, 1.165) is 0 Å². The summed E-state index contributed by atoms with van der Waals surface area (Å²) >= 11 is 0. The number of nitrogens with zero attached hydrogens (tertiary/aromatic N) is 2. The summed E-state index contributed by atoms with van der Waals surface area (Å²) < 4.78 is 0. The Balaban J connectivity index is 3.70. The minimum Gasteiger partial charge on any atom is -0.338 e. The minimum atomic E-state index is -0.131. The number of urea groups is 1. The molecule has 0 aliphatic heterocycles. The molecule has 4 nitrogen and oxygen atoms in total. The zero-order chi connectivity index (χ0) is 7.98. The highest BCUT2D eigenvalue weighted by Gasteiger charge is 2.00. The van der Waals surface area contributed by atoms with Gasteiger partial charge in [0.15, 0.2) is 0 Å². The summed E-state index contributed by atoms with van der Waals surface area (Å²) in [6, 6.07) is -0.131. The van der Waals surface area contributed by atoms with Crippen LogP contribution in [0, 0.1) is 0 Å². The molecule has 0 saturated carbocycles. The van der Waals surface area contributed by atoms with Gasteiger partial charge in [0.2, 0.25) is 0 Å². The molecule has 1 N–H and O–H groups in total. The van der Waals surface area contributed by atoms with Gasteiger partial charge in [-0.2, -0.15) is 0 Å². The fourth-order valence-electron chi connectivity index (χ4n) is 0.502. The number of carbonyl (C=O) groups is 1. The largest absolute Gasteiger partial charge is 0.338 e. The SMILES string of the molecule is CCNC(=O)N(C)C=NC. The van der Waals surface area contributed by atoms with Crippen LogP contribution in [0.25, 0.3) is 0 Å². The summed E-state index contributed by atoms with van der Waals surface area (Å²) in [6.07, 6.45) is 1.46. The zero-order valence-electron chi connectivity index (χ0n) is 6.59. The highest BCUT2D eigenvalue weighted by atomic mass is 16.2. The molecule has 0 saturated heterocycles. The van der Waals surface area contributed by atoms with Crippen molar-refractivity contribution < 1.29 is 4.79 Å². The van der Waals surface area contributed by atoms with Crippen LogP contribution in [0.4, 0.5) is 4.79 Å². The maximum absolute atomic E-state index is 10.9. The molecule has 0 spiro atoms. The normalized spacial score (nSPS) is 9.90. The summed E-state index contributed by atoms with van der Waals surface area (Å²) in [5.41, 5.74) is 0. The first-order chi connectivity index (χ1) is 4.72. The molecule has 0 fully saturated rings. The standard InChI is InChI=1S/C6H13N3O/c1-4-8-6(10)9(3)5-7-2/h5H,4H2,1-3H3,(H,8,10). The zero-order valence-corrected chi connectivity index (χ0v) is 6.59. The fourth-order valence-corrected chi connectivity index (χ4v) is 0.502. The smallest absolute Gasteiger partial charge is 0.322 e. The number of nitrogens with one attached hydrogen (secondary N) is 1. The van der Waals surface area contributed by atoms with Crippen LogP contribution in [0.3, 0.4) is 0 Å². The molecule has 0 radical (unpaired) electrons. The van der Waals surface area contributed by atoms with E-state index in [2.05, 4.69) is 10.3 Å². The van der Waals surface area contributed by atoms with Crippen molar-refractivity contribution in [3.05, 3.63) is 0 Å². The lowest BCUT2D eigenvalue weighted by Crippen LogP contribution is -2.36. The quantitative estimate of drug-likeness (QED) is 0.438. The van der Waals surface area contributed by atoms with Crippen molar-refractivity contribution in [2.45, 2.75) is 6.92 Å². The molecule has 0 aromatic carbocycles. The van der Waals surface area contributed by atoms with E-state index in [4.69, 9.17) is 0 Å². The Bertz CT molecular complexity index is 133. The van der Waals surface area contributed by atoms with E-state index in [-0.39, 0.29) is 6.03 Å². The van der Waals surface area contributed by atoms with Crippen molar-refractivity contribution >= 4 is 12.4 Å². The van der Waals surface area contributed by atoms with Crippen LogP contribution in [0.5, 0.6) is 0 Å². The number of aliphatic imine (C=N–C) groups is 1. The van der Waals surface area contributed by atoms with Gasteiger partial charge in [0.05, 0.1) is 6.34 Å². The number of carbonyl (C=O) groups excluding carboxylic acids is 1. The van der Waals surface area contributed by atoms with Gasteiger partial charge < -0.3 is 5.32 Å². The molecule has 0 unspecified atom stereocenters. The predicted molar refractivity (Wildman–Crippen MR) is 41.3 cm³/mol. The summed E-state index contributed by atoms with van der Waals surface area (Å²) in [5, 5.41) is 2.63. The van der Waals surface area contributed by atoms with Crippen LogP contribution >= 0.6 is 0 Å². The number of amides is 2. The van der Waals surface area contributed by atoms with Gasteiger partial charge in [-0.3, -0.25) is 9.89 Å². The van der Waals surface area contributed by atoms with Gasteiger partial charge in [-0.05, 0) is 6.92 Å². The topological polar surface area (TPSA) is 44.7 Å². The lowest BCUT2D eigenvalue weighted by molar-refractivity contribution is 0.228. The Labute approximate surface area is 60.9 Å². The molecule has 0 rings (SSSR count). The van der Waals surface area contributed by atoms with E-state index in [1.165, 1.54) is 11.2 Å². The van der Waals surface area contributed by atoms with E-state index >= 15 is 0 Å². The average molecular weight is 143 g/mol. The summed E-state index contributed by atoms with van der Waals surface area (Å²) in [4.78, 5) is 15.9. The van der Waals surface area contributed by atoms with Gasteiger partial charge in [-0.15, -0.1) is 0 Å². The van der Waals surface area contributed by atoms with Crippen molar-refractivity contribution in [2.75, 3.05) is 20.6 Å². The summed E-state index contributed by atoms with van der Waals surface area (Å²) in [6.45, 7) is 2.51. The third-order valence-electron chi connectivity index (χ3n) is 0.937. The second kappa shape index (κ2) is 4.78. The Kier molecular flexibility index (Phi) is 4.28. The average Bonchev–Trinajstić information content (AvgIpc) is 1.89. The van der Waals surface area contributed by atoms with Crippen LogP contribution in [0.2, 0.25) is 0 Å². The number of rotatable bonds is 2. The lowest BCUT2D eigenvalue weighted by atomic mass is 10.7. The van der Waals surface area contributed by atoms with Gasteiger partial charge in [-0.1, -0.05) is 0 Å².